The predicted molar refractivity (Wildman–Crippen MR) is 68.6 cm³/mol. The van der Waals surface area contributed by atoms with Crippen LogP contribution in [0.1, 0.15) is 19.8 Å². The van der Waals surface area contributed by atoms with Gasteiger partial charge in [0, 0.05) is 17.5 Å². The van der Waals surface area contributed by atoms with Crippen LogP contribution < -0.4 is 5.73 Å². The molecule has 0 fully saturated rings. The fraction of sp³-hybridized carbons (Fsp3) is 0.462. The van der Waals surface area contributed by atoms with Crippen LogP contribution in [0.5, 0.6) is 0 Å². The van der Waals surface area contributed by atoms with Gasteiger partial charge >= 0.3 is 0 Å². The van der Waals surface area contributed by atoms with Crippen LogP contribution in [0.15, 0.2) is 30.5 Å². The molecule has 4 heteroatoms. The molecular weight excluding hydrogens is 214 g/mol. The van der Waals surface area contributed by atoms with E-state index in [0.717, 1.165) is 30.3 Å². The van der Waals surface area contributed by atoms with E-state index in [1.165, 1.54) is 0 Å². The van der Waals surface area contributed by atoms with Crippen LogP contribution in [0, 0.1) is 0 Å². The van der Waals surface area contributed by atoms with Crippen LogP contribution >= 0.6 is 0 Å². The fourth-order valence-electron chi connectivity index (χ4n) is 1.92. The number of aryl methyl sites for hydroxylation is 1. The second-order valence-electron chi connectivity index (χ2n) is 4.84. The molecule has 0 saturated heterocycles. The van der Waals surface area contributed by atoms with Gasteiger partial charge in [0.25, 0.3) is 0 Å². The van der Waals surface area contributed by atoms with Crippen molar-refractivity contribution < 1.29 is 5.11 Å². The number of rotatable bonds is 5. The summed E-state index contributed by atoms with van der Waals surface area (Å²) in [6.07, 6.45) is 3.58. The first-order valence-electron chi connectivity index (χ1n) is 5.93. The predicted octanol–water partition coefficient (Wildman–Crippen LogP) is 1.53. The van der Waals surface area contributed by atoms with Crippen molar-refractivity contribution in [3.05, 3.63) is 30.5 Å². The highest BCUT2D eigenvalue weighted by molar-refractivity contribution is 5.78. The molecule has 1 atom stereocenters. The average Bonchev–Trinajstić information content (AvgIpc) is 2.73. The van der Waals surface area contributed by atoms with Crippen molar-refractivity contribution >= 4 is 10.9 Å². The number of hydrogen-bond acceptors (Lipinski definition) is 3. The van der Waals surface area contributed by atoms with E-state index >= 15 is 0 Å². The summed E-state index contributed by atoms with van der Waals surface area (Å²) in [4.78, 5) is 0. The lowest BCUT2D eigenvalue weighted by Crippen LogP contribution is -2.40. The molecule has 0 aliphatic carbocycles. The summed E-state index contributed by atoms with van der Waals surface area (Å²) in [6.45, 7) is 2.72. The topological polar surface area (TPSA) is 64.1 Å². The Morgan fingerprint density at radius 1 is 1.41 bits per heavy atom. The Morgan fingerprint density at radius 3 is 2.94 bits per heavy atom. The van der Waals surface area contributed by atoms with Gasteiger partial charge in [0.05, 0.1) is 18.3 Å². The molecule has 2 aromatic rings. The Labute approximate surface area is 101 Å². The quantitative estimate of drug-likeness (QED) is 0.823. The van der Waals surface area contributed by atoms with E-state index in [0.29, 0.717) is 0 Å². The SMILES string of the molecule is CC(N)(CO)CCCn1ncc2ccccc21. The van der Waals surface area contributed by atoms with Gasteiger partial charge in [-0.2, -0.15) is 5.10 Å². The minimum absolute atomic E-state index is 0.0207. The van der Waals surface area contributed by atoms with Crippen LogP contribution in [0.4, 0.5) is 0 Å². The highest BCUT2D eigenvalue weighted by atomic mass is 16.3. The molecule has 1 unspecified atom stereocenters. The number of aliphatic hydroxyl groups is 1. The number of fused-ring (bicyclic) bond motifs is 1. The zero-order valence-electron chi connectivity index (χ0n) is 10.1. The summed E-state index contributed by atoms with van der Waals surface area (Å²) < 4.78 is 1.99. The highest BCUT2D eigenvalue weighted by Crippen LogP contribution is 2.15. The molecule has 1 aromatic heterocycles. The van der Waals surface area contributed by atoms with Crippen LogP contribution in [-0.2, 0) is 6.54 Å². The summed E-state index contributed by atoms with van der Waals surface area (Å²) in [5, 5.41) is 14.6. The Bertz CT molecular complexity index is 490. The molecule has 0 bridgehead atoms. The van der Waals surface area contributed by atoms with E-state index in [4.69, 9.17) is 10.8 Å². The van der Waals surface area contributed by atoms with Gasteiger partial charge in [-0.1, -0.05) is 18.2 Å². The molecule has 1 heterocycles. The Kier molecular flexibility index (Phi) is 3.45. The second-order valence-corrected chi connectivity index (χ2v) is 4.84. The van der Waals surface area contributed by atoms with Gasteiger partial charge in [-0.3, -0.25) is 4.68 Å². The summed E-state index contributed by atoms with van der Waals surface area (Å²) in [7, 11) is 0. The first-order valence-corrected chi connectivity index (χ1v) is 5.93. The minimum atomic E-state index is -0.483. The van der Waals surface area contributed by atoms with E-state index < -0.39 is 5.54 Å². The van der Waals surface area contributed by atoms with Crippen LogP contribution in [0.3, 0.4) is 0 Å². The maximum atomic E-state index is 9.08. The number of aromatic nitrogens is 2. The molecule has 0 aliphatic heterocycles. The summed E-state index contributed by atoms with van der Waals surface area (Å²) >= 11 is 0. The van der Waals surface area contributed by atoms with Crippen LogP contribution in [-0.4, -0.2) is 27.0 Å². The summed E-state index contributed by atoms with van der Waals surface area (Å²) in [6, 6.07) is 8.15. The third-order valence-electron chi connectivity index (χ3n) is 3.03. The second kappa shape index (κ2) is 4.85. The number of aliphatic hydroxyl groups excluding tert-OH is 1. The Hall–Kier alpha value is -1.39. The van der Waals surface area contributed by atoms with E-state index in [9.17, 15) is 0 Å². The molecule has 0 spiro atoms. The molecule has 3 N–H and O–H groups in total. The van der Waals surface area contributed by atoms with E-state index in [-0.39, 0.29) is 6.61 Å². The van der Waals surface area contributed by atoms with Crippen molar-refractivity contribution in [1.29, 1.82) is 0 Å². The Morgan fingerprint density at radius 2 is 2.18 bits per heavy atom. The van der Waals surface area contributed by atoms with Gasteiger partial charge in [0.15, 0.2) is 0 Å². The molecule has 4 nitrogen and oxygen atoms in total. The standard InChI is InChI=1S/C13H19N3O/c1-13(14,10-17)7-4-8-16-12-6-3-2-5-11(12)9-15-16/h2-3,5-6,9,17H,4,7-8,10,14H2,1H3. The smallest absolute Gasteiger partial charge is 0.0682 e. The summed E-state index contributed by atoms with van der Waals surface area (Å²) in [5.74, 6) is 0. The van der Waals surface area contributed by atoms with Gasteiger partial charge < -0.3 is 10.8 Å². The molecule has 2 rings (SSSR count). The van der Waals surface area contributed by atoms with E-state index in [1.807, 2.05) is 29.9 Å². The van der Waals surface area contributed by atoms with E-state index in [1.54, 1.807) is 0 Å². The third-order valence-corrected chi connectivity index (χ3v) is 3.03. The maximum Gasteiger partial charge on any atom is 0.0682 e. The normalized spacial score (nSPS) is 15.0. The molecule has 0 radical (unpaired) electrons. The average molecular weight is 233 g/mol. The first kappa shape index (κ1) is 12.1. The highest BCUT2D eigenvalue weighted by Gasteiger charge is 2.16. The van der Waals surface area contributed by atoms with Crippen LogP contribution in [0.25, 0.3) is 10.9 Å². The van der Waals surface area contributed by atoms with Crippen molar-refractivity contribution in [2.75, 3.05) is 6.61 Å². The van der Waals surface area contributed by atoms with Gasteiger partial charge in [-0.15, -0.1) is 0 Å². The number of nitrogens with zero attached hydrogens (tertiary/aromatic N) is 2. The van der Waals surface area contributed by atoms with Gasteiger partial charge in [-0.25, -0.2) is 0 Å². The number of hydrogen-bond donors (Lipinski definition) is 2. The molecule has 0 saturated carbocycles. The van der Waals surface area contributed by atoms with Crippen molar-refractivity contribution in [1.82, 2.24) is 9.78 Å². The van der Waals surface area contributed by atoms with Crippen LogP contribution in [0.2, 0.25) is 0 Å². The molecule has 1 aromatic carbocycles. The molecular formula is C13H19N3O. The van der Waals surface area contributed by atoms with Gasteiger partial charge in [-0.05, 0) is 25.8 Å². The zero-order chi connectivity index (χ0) is 12.3. The number of nitrogens with two attached hydrogens (primary N) is 1. The van der Waals surface area contributed by atoms with Gasteiger partial charge in [0.1, 0.15) is 0 Å². The molecule has 0 amide bonds. The molecule has 0 aliphatic rings. The number of benzene rings is 1. The third kappa shape index (κ3) is 2.84. The largest absolute Gasteiger partial charge is 0.394 e. The summed E-state index contributed by atoms with van der Waals surface area (Å²) in [5.41, 5.74) is 6.55. The van der Waals surface area contributed by atoms with Crippen molar-refractivity contribution in [3.63, 3.8) is 0 Å². The lowest BCUT2D eigenvalue weighted by Gasteiger charge is -2.21. The monoisotopic (exact) mass is 233 g/mol. The lowest BCUT2D eigenvalue weighted by atomic mass is 9.98. The Balaban J connectivity index is 2.00. The first-order chi connectivity index (χ1) is 8.12. The van der Waals surface area contributed by atoms with Crippen molar-refractivity contribution in [2.45, 2.75) is 31.8 Å². The number of para-hydroxylation sites is 1. The minimum Gasteiger partial charge on any atom is -0.394 e. The zero-order valence-corrected chi connectivity index (χ0v) is 10.1. The maximum absolute atomic E-state index is 9.08. The molecule has 92 valence electrons. The van der Waals surface area contributed by atoms with Crippen molar-refractivity contribution in [3.8, 4) is 0 Å². The molecule has 17 heavy (non-hydrogen) atoms. The van der Waals surface area contributed by atoms with Crippen molar-refractivity contribution in [2.24, 2.45) is 5.73 Å². The van der Waals surface area contributed by atoms with E-state index in [2.05, 4.69) is 17.2 Å². The van der Waals surface area contributed by atoms with Gasteiger partial charge in [0.2, 0.25) is 0 Å². The lowest BCUT2D eigenvalue weighted by molar-refractivity contribution is 0.196. The fourth-order valence-corrected chi connectivity index (χ4v) is 1.92.